The van der Waals surface area contributed by atoms with Gasteiger partial charge >= 0.3 is 0 Å². The van der Waals surface area contributed by atoms with E-state index in [0.29, 0.717) is 0 Å². The highest BCUT2D eigenvalue weighted by Crippen LogP contribution is 2.08. The Kier molecular flexibility index (Phi) is 5.69. The third kappa shape index (κ3) is 5.80. The molecule has 0 amide bonds. The summed E-state index contributed by atoms with van der Waals surface area (Å²) in [6.45, 7) is 13.5. The number of rotatable bonds is 6. The number of aliphatic hydroxyl groups is 1. The van der Waals surface area contributed by atoms with Crippen molar-refractivity contribution in [2.75, 3.05) is 52.5 Å². The van der Waals surface area contributed by atoms with Gasteiger partial charge in [0.2, 0.25) is 0 Å². The summed E-state index contributed by atoms with van der Waals surface area (Å²) < 4.78 is 5.35. The highest BCUT2D eigenvalue weighted by molar-refractivity contribution is 4.77. The standard InChI is InChI=1S/C12H26N2O2/c1-4-16-10-9-13-5-7-14(8-6-13)11-12(2,3)15/h15H,4-11H2,1-3H3. The summed E-state index contributed by atoms with van der Waals surface area (Å²) in [4.78, 5) is 4.76. The molecule has 0 aromatic carbocycles. The molecule has 96 valence electrons. The Bertz CT molecular complexity index is 184. The largest absolute Gasteiger partial charge is 0.389 e. The number of nitrogens with zero attached hydrogens (tertiary/aromatic N) is 2. The van der Waals surface area contributed by atoms with Crippen LogP contribution in [0.5, 0.6) is 0 Å². The van der Waals surface area contributed by atoms with Crippen LogP contribution in [0.3, 0.4) is 0 Å². The number of hydrogen-bond acceptors (Lipinski definition) is 4. The summed E-state index contributed by atoms with van der Waals surface area (Å²) in [5, 5.41) is 9.73. The van der Waals surface area contributed by atoms with Crippen LogP contribution >= 0.6 is 0 Å². The zero-order chi connectivity index (χ0) is 12.0. The van der Waals surface area contributed by atoms with Crippen molar-refractivity contribution in [1.29, 1.82) is 0 Å². The molecular formula is C12H26N2O2. The van der Waals surface area contributed by atoms with Gasteiger partial charge in [0.15, 0.2) is 0 Å². The first-order valence-corrected chi connectivity index (χ1v) is 6.26. The molecule has 0 saturated carbocycles. The van der Waals surface area contributed by atoms with E-state index < -0.39 is 5.60 Å². The lowest BCUT2D eigenvalue weighted by molar-refractivity contribution is 0.0130. The molecule has 0 bridgehead atoms. The molecule has 4 heteroatoms. The molecule has 1 aliphatic heterocycles. The van der Waals surface area contributed by atoms with Gasteiger partial charge in [-0.2, -0.15) is 0 Å². The van der Waals surface area contributed by atoms with Crippen molar-refractivity contribution in [3.8, 4) is 0 Å². The summed E-state index contributed by atoms with van der Waals surface area (Å²) in [5.41, 5.74) is -0.576. The van der Waals surface area contributed by atoms with Gasteiger partial charge in [0, 0.05) is 45.9 Å². The average Bonchev–Trinajstić information content (AvgIpc) is 2.19. The normalized spacial score (nSPS) is 20.2. The van der Waals surface area contributed by atoms with Crippen molar-refractivity contribution in [1.82, 2.24) is 9.80 Å². The first-order valence-electron chi connectivity index (χ1n) is 6.26. The molecule has 1 aliphatic rings. The Balaban J connectivity index is 2.13. The van der Waals surface area contributed by atoms with Crippen LogP contribution in [0, 0.1) is 0 Å². The Hall–Kier alpha value is -0.160. The Morgan fingerprint density at radius 1 is 1.12 bits per heavy atom. The van der Waals surface area contributed by atoms with E-state index in [0.717, 1.165) is 52.5 Å². The van der Waals surface area contributed by atoms with Gasteiger partial charge in [0.05, 0.1) is 12.2 Å². The van der Waals surface area contributed by atoms with Crippen molar-refractivity contribution in [2.24, 2.45) is 0 Å². The average molecular weight is 230 g/mol. The van der Waals surface area contributed by atoms with Crippen LogP contribution in [0.15, 0.2) is 0 Å². The topological polar surface area (TPSA) is 35.9 Å². The van der Waals surface area contributed by atoms with Gasteiger partial charge in [-0.3, -0.25) is 9.80 Å². The second kappa shape index (κ2) is 6.55. The van der Waals surface area contributed by atoms with Crippen molar-refractivity contribution < 1.29 is 9.84 Å². The summed E-state index contributed by atoms with van der Waals surface area (Å²) >= 11 is 0. The highest BCUT2D eigenvalue weighted by Gasteiger charge is 2.22. The van der Waals surface area contributed by atoms with Crippen LogP contribution < -0.4 is 0 Å². The van der Waals surface area contributed by atoms with E-state index in [1.54, 1.807) is 0 Å². The third-order valence-corrected chi connectivity index (χ3v) is 2.83. The SMILES string of the molecule is CCOCCN1CCN(CC(C)(C)O)CC1. The molecule has 0 spiro atoms. The lowest BCUT2D eigenvalue weighted by atomic mass is 10.1. The van der Waals surface area contributed by atoms with E-state index in [1.165, 1.54) is 0 Å². The van der Waals surface area contributed by atoms with E-state index in [1.807, 2.05) is 20.8 Å². The fraction of sp³-hybridized carbons (Fsp3) is 1.00. The highest BCUT2D eigenvalue weighted by atomic mass is 16.5. The van der Waals surface area contributed by atoms with Crippen LogP contribution in [0.4, 0.5) is 0 Å². The number of piperazine rings is 1. The zero-order valence-corrected chi connectivity index (χ0v) is 10.9. The van der Waals surface area contributed by atoms with E-state index >= 15 is 0 Å². The van der Waals surface area contributed by atoms with Gasteiger partial charge in [-0.15, -0.1) is 0 Å². The molecule has 0 aromatic rings. The molecule has 0 aromatic heterocycles. The smallest absolute Gasteiger partial charge is 0.0718 e. The monoisotopic (exact) mass is 230 g/mol. The molecule has 1 saturated heterocycles. The number of ether oxygens (including phenoxy) is 1. The molecule has 0 aliphatic carbocycles. The maximum atomic E-state index is 9.73. The van der Waals surface area contributed by atoms with Crippen molar-refractivity contribution in [3.63, 3.8) is 0 Å². The molecule has 1 N–H and O–H groups in total. The minimum atomic E-state index is -0.576. The number of hydrogen-bond donors (Lipinski definition) is 1. The molecule has 1 rings (SSSR count). The first-order chi connectivity index (χ1) is 7.51. The summed E-state index contributed by atoms with van der Waals surface area (Å²) in [6, 6.07) is 0. The minimum Gasteiger partial charge on any atom is -0.389 e. The maximum Gasteiger partial charge on any atom is 0.0718 e. The lowest BCUT2D eigenvalue weighted by Crippen LogP contribution is -2.50. The van der Waals surface area contributed by atoms with Crippen molar-refractivity contribution >= 4 is 0 Å². The van der Waals surface area contributed by atoms with Gasteiger partial charge in [-0.05, 0) is 20.8 Å². The van der Waals surface area contributed by atoms with Crippen LogP contribution in [-0.2, 0) is 4.74 Å². The van der Waals surface area contributed by atoms with Gasteiger partial charge in [-0.25, -0.2) is 0 Å². The van der Waals surface area contributed by atoms with Crippen molar-refractivity contribution in [3.05, 3.63) is 0 Å². The fourth-order valence-corrected chi connectivity index (χ4v) is 2.06. The van der Waals surface area contributed by atoms with Crippen LogP contribution in [0.25, 0.3) is 0 Å². The molecule has 1 heterocycles. The molecule has 0 unspecified atom stereocenters. The predicted octanol–water partition coefficient (Wildman–Crippen LogP) is 0.411. The summed E-state index contributed by atoms with van der Waals surface area (Å²) in [6.07, 6.45) is 0. The molecule has 4 nitrogen and oxygen atoms in total. The molecule has 1 fully saturated rings. The molecule has 0 radical (unpaired) electrons. The molecule has 0 atom stereocenters. The van der Waals surface area contributed by atoms with Crippen LogP contribution in [-0.4, -0.2) is 73.0 Å². The minimum absolute atomic E-state index is 0.576. The number of β-amino-alcohol motifs (C(OH)–C–C–N with tert-alkyl or cyclic N) is 1. The lowest BCUT2D eigenvalue weighted by Gasteiger charge is -2.37. The third-order valence-electron chi connectivity index (χ3n) is 2.83. The second-order valence-corrected chi connectivity index (χ2v) is 5.13. The van der Waals surface area contributed by atoms with Crippen LogP contribution in [0.2, 0.25) is 0 Å². The van der Waals surface area contributed by atoms with Gasteiger partial charge in [0.1, 0.15) is 0 Å². The van der Waals surface area contributed by atoms with Gasteiger partial charge in [-0.1, -0.05) is 0 Å². The fourth-order valence-electron chi connectivity index (χ4n) is 2.06. The van der Waals surface area contributed by atoms with Gasteiger partial charge < -0.3 is 9.84 Å². The van der Waals surface area contributed by atoms with E-state index in [-0.39, 0.29) is 0 Å². The predicted molar refractivity (Wildman–Crippen MR) is 65.7 cm³/mol. The zero-order valence-electron chi connectivity index (χ0n) is 10.9. The van der Waals surface area contributed by atoms with E-state index in [9.17, 15) is 5.11 Å². The van der Waals surface area contributed by atoms with E-state index in [2.05, 4.69) is 9.80 Å². The summed E-state index contributed by atoms with van der Waals surface area (Å²) in [5.74, 6) is 0. The quantitative estimate of drug-likeness (QED) is 0.671. The Labute approximate surface area is 99.2 Å². The first kappa shape index (κ1) is 13.9. The summed E-state index contributed by atoms with van der Waals surface area (Å²) in [7, 11) is 0. The van der Waals surface area contributed by atoms with Crippen LogP contribution in [0.1, 0.15) is 20.8 Å². The second-order valence-electron chi connectivity index (χ2n) is 5.13. The molecular weight excluding hydrogens is 204 g/mol. The van der Waals surface area contributed by atoms with Crippen molar-refractivity contribution in [2.45, 2.75) is 26.4 Å². The Morgan fingerprint density at radius 2 is 1.69 bits per heavy atom. The maximum absolute atomic E-state index is 9.73. The van der Waals surface area contributed by atoms with Gasteiger partial charge in [0.25, 0.3) is 0 Å². The Morgan fingerprint density at radius 3 is 2.19 bits per heavy atom. The van der Waals surface area contributed by atoms with E-state index in [4.69, 9.17) is 4.74 Å². The molecule has 16 heavy (non-hydrogen) atoms.